The lowest BCUT2D eigenvalue weighted by Gasteiger charge is -2.22. The smallest absolute Gasteiger partial charge is 0.196 e. The van der Waals surface area contributed by atoms with Gasteiger partial charge in [-0.3, -0.25) is 0 Å². The van der Waals surface area contributed by atoms with Crippen LogP contribution in [0.25, 0.3) is 65.7 Å². The molecule has 6 aromatic carbocycles. The van der Waals surface area contributed by atoms with Crippen molar-refractivity contribution < 1.29 is 0 Å². The average Bonchev–Trinajstić information content (AvgIpc) is 3.43. The van der Waals surface area contributed by atoms with Crippen molar-refractivity contribution in [1.82, 2.24) is 4.57 Å². The largest absolute Gasteiger partial charge is 0.309 e. The Kier molecular flexibility index (Phi) is 7.74. The van der Waals surface area contributed by atoms with Crippen molar-refractivity contribution in [3.8, 4) is 45.1 Å². The summed E-state index contributed by atoms with van der Waals surface area (Å²) in [4.78, 5) is 3.90. The summed E-state index contributed by atoms with van der Waals surface area (Å²) in [6.07, 6.45) is 0. The molecule has 7 aromatic rings. The van der Waals surface area contributed by atoms with E-state index in [0.717, 1.165) is 44.5 Å². The highest BCUT2D eigenvalue weighted by atomic mass is 15.0. The molecule has 3 heteroatoms. The van der Waals surface area contributed by atoms with Crippen LogP contribution in [-0.4, -0.2) is 4.57 Å². The van der Waals surface area contributed by atoms with Crippen molar-refractivity contribution in [2.45, 2.75) is 52.4 Å². The van der Waals surface area contributed by atoms with Crippen LogP contribution in [0.5, 0.6) is 0 Å². The van der Waals surface area contributed by atoms with Crippen molar-refractivity contribution in [1.29, 1.82) is 5.26 Å². The first kappa shape index (κ1) is 31.7. The quantitative estimate of drug-likeness (QED) is 0.178. The molecule has 0 radical (unpaired) electrons. The van der Waals surface area contributed by atoms with E-state index >= 15 is 0 Å². The molecule has 0 amide bonds. The van der Waals surface area contributed by atoms with Gasteiger partial charge in [0.2, 0.25) is 0 Å². The summed E-state index contributed by atoms with van der Waals surface area (Å²) in [6, 6.07) is 46.8. The van der Waals surface area contributed by atoms with Gasteiger partial charge in [-0.15, -0.1) is 0 Å². The third-order valence-corrected chi connectivity index (χ3v) is 9.60. The Morgan fingerprint density at radius 1 is 0.571 bits per heavy atom. The van der Waals surface area contributed by atoms with Gasteiger partial charge in [-0.2, -0.15) is 5.26 Å². The van der Waals surface area contributed by atoms with Crippen molar-refractivity contribution in [3.63, 3.8) is 0 Å². The second kappa shape index (κ2) is 12.0. The minimum atomic E-state index is -0.00365. The van der Waals surface area contributed by atoms with E-state index in [1.807, 2.05) is 30.3 Å². The maximum Gasteiger partial charge on any atom is 0.196 e. The molecule has 0 aliphatic carbocycles. The molecule has 0 saturated heterocycles. The Labute approximate surface area is 289 Å². The molecule has 0 aliphatic rings. The number of benzene rings is 6. The molecule has 1 aromatic heterocycles. The highest BCUT2D eigenvalue weighted by molar-refractivity contribution is 6.11. The van der Waals surface area contributed by atoms with Gasteiger partial charge in [0.1, 0.15) is 0 Å². The molecule has 0 aliphatic heterocycles. The van der Waals surface area contributed by atoms with Crippen molar-refractivity contribution in [2.24, 2.45) is 0 Å². The molecule has 0 N–H and O–H groups in total. The van der Waals surface area contributed by atoms with Gasteiger partial charge < -0.3 is 4.57 Å². The van der Waals surface area contributed by atoms with Crippen LogP contribution < -0.4 is 0 Å². The average molecular weight is 634 g/mol. The molecule has 0 bridgehead atoms. The molecule has 0 atom stereocenters. The minimum absolute atomic E-state index is 0.00365. The SMILES string of the molecule is [C-]#[N+]c1cccc(C#N)c1-c1cc(-c2ccccc2)c(-n2c3ccc(C(C)(C)C)cc3c3cc(C(C)(C)C)ccc32)cc1-c1ccccc1. The molecule has 0 unspecified atom stereocenters. The molecular formula is C46H39N3. The fraction of sp³-hybridized carbons (Fsp3) is 0.174. The maximum atomic E-state index is 10.3. The number of nitrogens with zero attached hydrogens (tertiary/aromatic N) is 3. The van der Waals surface area contributed by atoms with Crippen LogP contribution in [-0.2, 0) is 10.8 Å². The van der Waals surface area contributed by atoms with Crippen LogP contribution >= 0.6 is 0 Å². The number of fused-ring (bicyclic) bond motifs is 3. The van der Waals surface area contributed by atoms with Crippen LogP contribution in [0.3, 0.4) is 0 Å². The lowest BCUT2D eigenvalue weighted by atomic mass is 9.85. The summed E-state index contributed by atoms with van der Waals surface area (Å²) in [6.45, 7) is 21.7. The summed E-state index contributed by atoms with van der Waals surface area (Å²) in [5.41, 5.74) is 12.4. The molecule has 49 heavy (non-hydrogen) atoms. The van der Waals surface area contributed by atoms with Gasteiger partial charge in [0.25, 0.3) is 0 Å². The molecular weight excluding hydrogens is 595 g/mol. The highest BCUT2D eigenvalue weighted by Crippen LogP contribution is 2.46. The van der Waals surface area contributed by atoms with E-state index in [4.69, 9.17) is 6.57 Å². The summed E-state index contributed by atoms with van der Waals surface area (Å²) >= 11 is 0. The van der Waals surface area contributed by atoms with Gasteiger partial charge in [0, 0.05) is 27.5 Å². The molecule has 0 spiro atoms. The first-order valence-corrected chi connectivity index (χ1v) is 16.8. The van der Waals surface area contributed by atoms with Crippen molar-refractivity contribution >= 4 is 27.5 Å². The van der Waals surface area contributed by atoms with Crippen LogP contribution in [0.2, 0.25) is 0 Å². The van der Waals surface area contributed by atoms with Gasteiger partial charge >= 0.3 is 0 Å². The van der Waals surface area contributed by atoms with Crippen molar-refractivity contribution in [3.05, 3.63) is 156 Å². The Hall–Kier alpha value is -5.90. The summed E-state index contributed by atoms with van der Waals surface area (Å²) in [5.74, 6) is 0. The van der Waals surface area contributed by atoms with Crippen LogP contribution in [0.15, 0.2) is 127 Å². The third kappa shape index (κ3) is 5.58. The van der Waals surface area contributed by atoms with Gasteiger partial charge in [-0.1, -0.05) is 126 Å². The van der Waals surface area contributed by atoms with Crippen LogP contribution in [0.4, 0.5) is 5.69 Å². The molecule has 238 valence electrons. The van der Waals surface area contributed by atoms with Gasteiger partial charge in [0.05, 0.1) is 29.4 Å². The fourth-order valence-electron chi connectivity index (χ4n) is 6.91. The van der Waals surface area contributed by atoms with E-state index in [9.17, 15) is 5.26 Å². The number of hydrogen-bond donors (Lipinski definition) is 0. The normalized spacial score (nSPS) is 11.8. The first-order chi connectivity index (χ1) is 23.5. The summed E-state index contributed by atoms with van der Waals surface area (Å²) in [5, 5.41) is 12.7. The number of aromatic nitrogens is 1. The van der Waals surface area contributed by atoms with Gasteiger partial charge in [-0.05, 0) is 86.7 Å². The Morgan fingerprint density at radius 3 is 1.59 bits per heavy atom. The number of hydrogen-bond acceptors (Lipinski definition) is 1. The zero-order valence-electron chi connectivity index (χ0n) is 29.0. The summed E-state index contributed by atoms with van der Waals surface area (Å²) in [7, 11) is 0. The molecule has 0 saturated carbocycles. The van der Waals surface area contributed by atoms with Crippen LogP contribution in [0, 0.1) is 17.9 Å². The second-order valence-corrected chi connectivity index (χ2v) is 14.9. The van der Waals surface area contributed by atoms with Crippen LogP contribution in [0.1, 0.15) is 58.2 Å². The zero-order chi connectivity index (χ0) is 34.5. The number of nitriles is 1. The van der Waals surface area contributed by atoms with Gasteiger partial charge in [0.15, 0.2) is 5.69 Å². The van der Waals surface area contributed by atoms with E-state index in [0.29, 0.717) is 16.8 Å². The maximum absolute atomic E-state index is 10.3. The first-order valence-electron chi connectivity index (χ1n) is 16.8. The minimum Gasteiger partial charge on any atom is -0.309 e. The van der Waals surface area contributed by atoms with E-state index in [1.54, 1.807) is 12.1 Å². The van der Waals surface area contributed by atoms with E-state index in [2.05, 4.69) is 142 Å². The topological polar surface area (TPSA) is 33.1 Å². The molecule has 0 fully saturated rings. The predicted molar refractivity (Wildman–Crippen MR) is 205 cm³/mol. The standard InChI is InChI=1S/C46H39N3/c1-45(2,3)33-21-23-41-37(25-33)38-26-34(46(4,5)6)22-24-42(38)49(41)43-28-35(30-15-10-8-11-16-30)39(27-36(43)31-17-12-9-13-18-31)44-32(29-47)19-14-20-40(44)48-7/h8-28H,1-6H3. The van der Waals surface area contributed by atoms with Crippen molar-refractivity contribution in [2.75, 3.05) is 0 Å². The van der Waals surface area contributed by atoms with E-state index in [1.165, 1.54) is 21.9 Å². The second-order valence-electron chi connectivity index (χ2n) is 14.9. The summed E-state index contributed by atoms with van der Waals surface area (Å²) < 4.78 is 2.41. The fourth-order valence-corrected chi connectivity index (χ4v) is 6.91. The Balaban J connectivity index is 1.67. The predicted octanol–water partition coefficient (Wildman–Crippen LogP) is 12.8. The molecule has 1 heterocycles. The zero-order valence-corrected chi connectivity index (χ0v) is 29.0. The monoisotopic (exact) mass is 633 g/mol. The van der Waals surface area contributed by atoms with Gasteiger partial charge in [-0.25, -0.2) is 4.85 Å². The van der Waals surface area contributed by atoms with E-state index in [-0.39, 0.29) is 10.8 Å². The Morgan fingerprint density at radius 2 is 1.10 bits per heavy atom. The lowest BCUT2D eigenvalue weighted by Crippen LogP contribution is -2.10. The highest BCUT2D eigenvalue weighted by Gasteiger charge is 2.24. The molecule has 7 rings (SSSR count). The molecule has 3 nitrogen and oxygen atoms in total. The number of rotatable bonds is 4. The lowest BCUT2D eigenvalue weighted by molar-refractivity contribution is 0.590. The van der Waals surface area contributed by atoms with E-state index < -0.39 is 0 Å². The third-order valence-electron chi connectivity index (χ3n) is 9.60. The Bertz CT molecular complexity index is 2350.